The quantitative estimate of drug-likeness (QED) is 0.499. The van der Waals surface area contributed by atoms with Crippen LogP contribution in [0.1, 0.15) is 39.1 Å². The Morgan fingerprint density at radius 1 is 0.944 bits per heavy atom. The minimum Gasteiger partial charge on any atom is -0.464 e. The van der Waals surface area contributed by atoms with Crippen molar-refractivity contribution in [3.8, 4) is 16.9 Å². The van der Waals surface area contributed by atoms with Crippen LogP contribution in [0, 0.1) is 5.92 Å². The van der Waals surface area contributed by atoms with E-state index in [4.69, 9.17) is 9.47 Å². The Morgan fingerprint density at radius 3 is 2.39 bits per heavy atom. The monoisotopic (exact) mass is 482 g/mol. The fraction of sp³-hybridized carbons (Fsp3) is 0.267. The molecule has 0 saturated carbocycles. The lowest BCUT2D eigenvalue weighted by molar-refractivity contribution is -0.148. The fourth-order valence-corrected chi connectivity index (χ4v) is 4.77. The van der Waals surface area contributed by atoms with Crippen LogP contribution in [0.25, 0.3) is 11.1 Å². The summed E-state index contributed by atoms with van der Waals surface area (Å²) < 4.78 is 12.4. The number of nitrogens with one attached hydrogen (secondary N) is 1. The topological polar surface area (TPSA) is 67.9 Å². The van der Waals surface area contributed by atoms with Gasteiger partial charge in [-0.25, -0.2) is 0 Å². The molecule has 2 heterocycles. The SMILES string of the molecule is C=CCNC(=O)c1ccc(-c2ccc3c(c2)COC(C2CCN(C(=O)c4ccccc4)CC2)O3)cc1. The van der Waals surface area contributed by atoms with Crippen LogP contribution in [-0.2, 0) is 11.3 Å². The Balaban J connectivity index is 1.19. The average molecular weight is 483 g/mol. The number of rotatable bonds is 6. The number of hydrogen-bond donors (Lipinski definition) is 1. The van der Waals surface area contributed by atoms with Gasteiger partial charge in [-0.15, -0.1) is 6.58 Å². The van der Waals surface area contributed by atoms with Crippen molar-refractivity contribution in [3.05, 3.63) is 102 Å². The molecule has 6 heteroatoms. The van der Waals surface area contributed by atoms with Gasteiger partial charge in [0.2, 0.25) is 6.29 Å². The molecule has 2 amide bonds. The molecule has 0 aliphatic carbocycles. The van der Waals surface area contributed by atoms with Crippen LogP contribution < -0.4 is 10.1 Å². The smallest absolute Gasteiger partial charge is 0.253 e. The summed E-state index contributed by atoms with van der Waals surface area (Å²) in [4.78, 5) is 26.8. The van der Waals surface area contributed by atoms with Crippen molar-refractivity contribution in [1.82, 2.24) is 10.2 Å². The largest absolute Gasteiger partial charge is 0.464 e. The molecule has 184 valence electrons. The number of nitrogens with zero attached hydrogens (tertiary/aromatic N) is 1. The van der Waals surface area contributed by atoms with Gasteiger partial charge in [0.1, 0.15) is 5.75 Å². The fourth-order valence-electron chi connectivity index (χ4n) is 4.77. The molecule has 1 fully saturated rings. The van der Waals surface area contributed by atoms with Gasteiger partial charge in [0, 0.05) is 42.2 Å². The van der Waals surface area contributed by atoms with Gasteiger partial charge in [0.15, 0.2) is 0 Å². The van der Waals surface area contributed by atoms with Crippen molar-refractivity contribution in [1.29, 1.82) is 0 Å². The molecule has 3 aromatic rings. The van der Waals surface area contributed by atoms with Gasteiger partial charge in [0.25, 0.3) is 11.8 Å². The van der Waals surface area contributed by atoms with E-state index in [1.807, 2.05) is 71.6 Å². The zero-order chi connectivity index (χ0) is 24.9. The highest BCUT2D eigenvalue weighted by molar-refractivity contribution is 5.95. The number of likely N-dealkylation sites (tertiary alicyclic amines) is 1. The predicted molar refractivity (Wildman–Crippen MR) is 139 cm³/mol. The van der Waals surface area contributed by atoms with Crippen LogP contribution in [0.2, 0.25) is 0 Å². The van der Waals surface area contributed by atoms with Crippen LogP contribution in [-0.4, -0.2) is 42.6 Å². The summed E-state index contributed by atoms with van der Waals surface area (Å²) >= 11 is 0. The first-order valence-corrected chi connectivity index (χ1v) is 12.4. The maximum absolute atomic E-state index is 12.7. The van der Waals surface area contributed by atoms with E-state index in [-0.39, 0.29) is 24.0 Å². The molecular weight excluding hydrogens is 452 g/mol. The number of hydrogen-bond acceptors (Lipinski definition) is 4. The second-order valence-corrected chi connectivity index (χ2v) is 9.19. The van der Waals surface area contributed by atoms with Gasteiger partial charge < -0.3 is 19.7 Å². The van der Waals surface area contributed by atoms with Crippen LogP contribution in [0.4, 0.5) is 0 Å². The minimum atomic E-state index is -0.300. The highest BCUT2D eigenvalue weighted by Gasteiger charge is 2.33. The maximum atomic E-state index is 12.7. The number of carbonyl (C=O) groups excluding carboxylic acids is 2. The molecule has 0 bridgehead atoms. The number of amides is 2. The first-order valence-electron chi connectivity index (χ1n) is 12.4. The van der Waals surface area contributed by atoms with Crippen molar-refractivity contribution in [3.63, 3.8) is 0 Å². The number of carbonyl (C=O) groups is 2. The van der Waals surface area contributed by atoms with E-state index in [1.165, 1.54) is 0 Å². The first kappa shape index (κ1) is 23.8. The molecule has 1 N–H and O–H groups in total. The third-order valence-electron chi connectivity index (χ3n) is 6.83. The Hall–Kier alpha value is -3.90. The lowest BCUT2D eigenvalue weighted by Crippen LogP contribution is -2.44. The van der Waals surface area contributed by atoms with E-state index < -0.39 is 0 Å². The van der Waals surface area contributed by atoms with Crippen molar-refractivity contribution >= 4 is 11.8 Å². The summed E-state index contributed by atoms with van der Waals surface area (Å²) in [5.74, 6) is 1.06. The molecule has 1 saturated heterocycles. The lowest BCUT2D eigenvalue weighted by Gasteiger charge is -2.37. The van der Waals surface area contributed by atoms with Crippen molar-refractivity contribution in [2.45, 2.75) is 25.7 Å². The minimum absolute atomic E-state index is 0.0860. The second kappa shape index (κ2) is 10.8. The third-order valence-corrected chi connectivity index (χ3v) is 6.83. The molecule has 1 unspecified atom stereocenters. The average Bonchev–Trinajstić information content (AvgIpc) is 2.95. The molecule has 0 spiro atoms. The standard InChI is InChI=1S/C30H30N2O4/c1-2-16-31-28(33)22-10-8-21(9-11-22)25-12-13-27-26(19-25)20-35-30(36-27)24-14-17-32(18-15-24)29(34)23-6-4-3-5-7-23/h2-13,19,24,30H,1,14-18,20H2,(H,31,33). The molecule has 0 radical (unpaired) electrons. The number of piperidine rings is 1. The molecule has 36 heavy (non-hydrogen) atoms. The van der Waals surface area contributed by atoms with Gasteiger partial charge >= 0.3 is 0 Å². The van der Waals surface area contributed by atoms with E-state index in [2.05, 4.69) is 18.0 Å². The molecule has 0 aromatic heterocycles. The van der Waals surface area contributed by atoms with E-state index in [0.717, 1.165) is 40.8 Å². The summed E-state index contributed by atoms with van der Waals surface area (Å²) in [5.41, 5.74) is 4.43. The van der Waals surface area contributed by atoms with Crippen molar-refractivity contribution in [2.75, 3.05) is 19.6 Å². The summed E-state index contributed by atoms with van der Waals surface area (Å²) in [6.07, 6.45) is 3.06. The van der Waals surface area contributed by atoms with Gasteiger partial charge in [0.05, 0.1) is 6.61 Å². The van der Waals surface area contributed by atoms with E-state index in [0.29, 0.717) is 31.8 Å². The Bertz CT molecular complexity index is 1230. The van der Waals surface area contributed by atoms with E-state index >= 15 is 0 Å². The van der Waals surface area contributed by atoms with Gasteiger partial charge in [-0.2, -0.15) is 0 Å². The normalized spacial score (nSPS) is 17.6. The molecule has 2 aliphatic rings. The van der Waals surface area contributed by atoms with Crippen LogP contribution >= 0.6 is 0 Å². The highest BCUT2D eigenvalue weighted by Crippen LogP contribution is 2.35. The number of ether oxygens (including phenoxy) is 2. The van der Waals surface area contributed by atoms with Crippen molar-refractivity contribution in [2.24, 2.45) is 5.92 Å². The highest BCUT2D eigenvalue weighted by atomic mass is 16.7. The summed E-state index contributed by atoms with van der Waals surface area (Å²) in [7, 11) is 0. The van der Waals surface area contributed by atoms with Crippen LogP contribution in [0.5, 0.6) is 5.75 Å². The summed E-state index contributed by atoms with van der Waals surface area (Å²) in [6.45, 7) is 5.95. The zero-order valence-corrected chi connectivity index (χ0v) is 20.2. The number of fused-ring (bicyclic) bond motifs is 1. The summed E-state index contributed by atoms with van der Waals surface area (Å²) in [6, 6.07) is 23.1. The first-order chi connectivity index (χ1) is 17.6. The molecule has 6 nitrogen and oxygen atoms in total. The van der Waals surface area contributed by atoms with E-state index in [9.17, 15) is 9.59 Å². The molecule has 2 aliphatic heterocycles. The van der Waals surface area contributed by atoms with Gasteiger partial charge in [-0.1, -0.05) is 42.5 Å². The zero-order valence-electron chi connectivity index (χ0n) is 20.2. The third kappa shape index (κ3) is 5.19. The van der Waals surface area contributed by atoms with Gasteiger partial charge in [-0.3, -0.25) is 9.59 Å². The second-order valence-electron chi connectivity index (χ2n) is 9.19. The van der Waals surface area contributed by atoms with Crippen molar-refractivity contribution < 1.29 is 19.1 Å². The Labute approximate surface area is 211 Å². The Morgan fingerprint density at radius 2 is 1.67 bits per heavy atom. The van der Waals surface area contributed by atoms with Crippen LogP contribution in [0.15, 0.2) is 85.5 Å². The molecular formula is C30H30N2O4. The van der Waals surface area contributed by atoms with Crippen LogP contribution in [0.3, 0.4) is 0 Å². The lowest BCUT2D eigenvalue weighted by atomic mass is 9.94. The van der Waals surface area contributed by atoms with Gasteiger partial charge in [-0.05, 0) is 60.4 Å². The Kier molecular flexibility index (Phi) is 7.14. The number of benzene rings is 3. The predicted octanol–water partition coefficient (Wildman–Crippen LogP) is 5.06. The molecule has 1 atom stereocenters. The van der Waals surface area contributed by atoms with E-state index in [1.54, 1.807) is 6.08 Å². The molecule has 3 aromatic carbocycles. The maximum Gasteiger partial charge on any atom is 0.253 e. The molecule has 5 rings (SSSR count). The summed E-state index contributed by atoms with van der Waals surface area (Å²) in [5, 5.41) is 2.79.